The van der Waals surface area contributed by atoms with E-state index in [9.17, 15) is 0 Å². The van der Waals surface area contributed by atoms with Crippen molar-refractivity contribution in [3.05, 3.63) is 42.5 Å². The zero-order valence-corrected chi connectivity index (χ0v) is 9.74. The van der Waals surface area contributed by atoms with Crippen molar-refractivity contribution >= 4 is 5.82 Å². The van der Waals surface area contributed by atoms with Gasteiger partial charge in [0.15, 0.2) is 11.6 Å². The van der Waals surface area contributed by atoms with Gasteiger partial charge in [0.25, 0.3) is 0 Å². The second-order valence-corrected chi connectivity index (χ2v) is 3.86. The van der Waals surface area contributed by atoms with Crippen LogP contribution in [0.1, 0.15) is 5.69 Å². The Kier molecular flexibility index (Phi) is 2.33. The van der Waals surface area contributed by atoms with Crippen LogP contribution < -0.4 is 5.73 Å². The van der Waals surface area contributed by atoms with Crippen molar-refractivity contribution < 1.29 is 4.42 Å². The third-order valence-electron chi connectivity index (χ3n) is 2.52. The molecule has 18 heavy (non-hydrogen) atoms. The Balaban J connectivity index is 2.09. The molecule has 3 aromatic rings. The molecule has 0 spiro atoms. The van der Waals surface area contributed by atoms with E-state index in [1.165, 1.54) is 6.33 Å². The van der Waals surface area contributed by atoms with E-state index in [0.29, 0.717) is 23.1 Å². The molecule has 2 N–H and O–H groups in total. The van der Waals surface area contributed by atoms with Gasteiger partial charge < -0.3 is 10.2 Å². The molecule has 6 nitrogen and oxygen atoms in total. The zero-order valence-electron chi connectivity index (χ0n) is 9.74. The van der Waals surface area contributed by atoms with Crippen LogP contribution >= 0.6 is 0 Å². The zero-order chi connectivity index (χ0) is 12.5. The molecule has 0 aliphatic heterocycles. The van der Waals surface area contributed by atoms with E-state index in [2.05, 4.69) is 15.1 Å². The molecule has 0 atom stereocenters. The maximum atomic E-state index is 5.93. The first-order valence-electron chi connectivity index (χ1n) is 5.42. The van der Waals surface area contributed by atoms with Crippen molar-refractivity contribution in [1.29, 1.82) is 0 Å². The van der Waals surface area contributed by atoms with Gasteiger partial charge in [-0.3, -0.25) is 0 Å². The van der Waals surface area contributed by atoms with Gasteiger partial charge in [0, 0.05) is 17.8 Å². The lowest BCUT2D eigenvalue weighted by Crippen LogP contribution is -2.04. The highest BCUT2D eigenvalue weighted by atomic mass is 16.3. The van der Waals surface area contributed by atoms with E-state index in [0.717, 1.165) is 5.69 Å². The van der Waals surface area contributed by atoms with Gasteiger partial charge in [-0.2, -0.15) is 9.78 Å². The summed E-state index contributed by atoms with van der Waals surface area (Å²) < 4.78 is 6.85. The molecule has 90 valence electrons. The number of nitrogen functional groups attached to an aromatic ring is 1. The Labute approximate surface area is 103 Å². The minimum Gasteiger partial charge on any atom is -0.463 e. The number of rotatable bonds is 2. The Bertz CT molecular complexity index is 672. The fourth-order valence-corrected chi connectivity index (χ4v) is 1.68. The number of nitrogens with two attached hydrogens (primary N) is 1. The highest BCUT2D eigenvalue weighted by Gasteiger charge is 2.11. The molecule has 0 bridgehead atoms. The van der Waals surface area contributed by atoms with Crippen molar-refractivity contribution in [3.8, 4) is 17.3 Å². The smallest absolute Gasteiger partial charge is 0.159 e. The molecule has 3 heterocycles. The van der Waals surface area contributed by atoms with E-state index < -0.39 is 0 Å². The van der Waals surface area contributed by atoms with Gasteiger partial charge >= 0.3 is 0 Å². The Hall–Kier alpha value is -2.63. The second kappa shape index (κ2) is 3.99. The number of anilines is 1. The van der Waals surface area contributed by atoms with Gasteiger partial charge in [0.2, 0.25) is 0 Å². The number of furan rings is 1. The highest BCUT2D eigenvalue weighted by Crippen LogP contribution is 2.22. The largest absolute Gasteiger partial charge is 0.463 e. The van der Waals surface area contributed by atoms with Crippen LogP contribution in [0.2, 0.25) is 0 Å². The van der Waals surface area contributed by atoms with E-state index in [4.69, 9.17) is 10.2 Å². The van der Waals surface area contributed by atoms with Crippen LogP contribution in [0.15, 0.2) is 41.3 Å². The summed E-state index contributed by atoms with van der Waals surface area (Å²) in [5.41, 5.74) is 7.46. The lowest BCUT2D eigenvalue weighted by molar-refractivity contribution is 0.579. The topological polar surface area (TPSA) is 82.8 Å². The van der Waals surface area contributed by atoms with Crippen LogP contribution in [0, 0.1) is 6.92 Å². The van der Waals surface area contributed by atoms with Crippen LogP contribution in [0.3, 0.4) is 0 Å². The summed E-state index contributed by atoms with van der Waals surface area (Å²) in [7, 11) is 0. The molecule has 3 rings (SSSR count). The van der Waals surface area contributed by atoms with Crippen molar-refractivity contribution in [2.45, 2.75) is 6.92 Å². The van der Waals surface area contributed by atoms with E-state index in [1.807, 2.05) is 19.1 Å². The van der Waals surface area contributed by atoms with Gasteiger partial charge in [-0.1, -0.05) is 0 Å². The first-order chi connectivity index (χ1) is 8.74. The average molecular weight is 241 g/mol. The van der Waals surface area contributed by atoms with Gasteiger partial charge in [0.1, 0.15) is 17.8 Å². The Morgan fingerprint density at radius 3 is 2.89 bits per heavy atom. The summed E-state index contributed by atoms with van der Waals surface area (Å²) in [5, 5.41) is 4.37. The minimum atomic E-state index is 0.500. The quantitative estimate of drug-likeness (QED) is 0.739. The summed E-state index contributed by atoms with van der Waals surface area (Å²) in [6.45, 7) is 1.89. The number of hydrogen-bond donors (Lipinski definition) is 1. The van der Waals surface area contributed by atoms with Crippen LogP contribution in [0.25, 0.3) is 17.3 Å². The molecule has 0 saturated carbocycles. The minimum absolute atomic E-state index is 0.500. The van der Waals surface area contributed by atoms with Crippen LogP contribution in [-0.4, -0.2) is 19.7 Å². The Morgan fingerprint density at radius 1 is 1.28 bits per heavy atom. The van der Waals surface area contributed by atoms with Gasteiger partial charge in [-0.25, -0.2) is 9.97 Å². The van der Waals surface area contributed by atoms with Gasteiger partial charge in [0.05, 0.1) is 6.26 Å². The highest BCUT2D eigenvalue weighted by molar-refractivity contribution is 5.58. The number of nitrogens with zero attached hydrogens (tertiary/aromatic N) is 4. The molecular weight excluding hydrogens is 230 g/mol. The van der Waals surface area contributed by atoms with Crippen molar-refractivity contribution in [3.63, 3.8) is 0 Å². The molecule has 0 radical (unpaired) electrons. The van der Waals surface area contributed by atoms with Gasteiger partial charge in [-0.15, -0.1) is 0 Å². The summed E-state index contributed by atoms with van der Waals surface area (Å²) in [6, 6.07) is 7.20. The van der Waals surface area contributed by atoms with Crippen LogP contribution in [0.5, 0.6) is 0 Å². The summed E-state index contributed by atoms with van der Waals surface area (Å²) in [6.07, 6.45) is 3.08. The van der Waals surface area contributed by atoms with Crippen molar-refractivity contribution in [2.24, 2.45) is 0 Å². The molecule has 0 aromatic carbocycles. The van der Waals surface area contributed by atoms with E-state index in [-0.39, 0.29) is 0 Å². The number of aromatic nitrogens is 4. The second-order valence-electron chi connectivity index (χ2n) is 3.86. The predicted molar refractivity (Wildman–Crippen MR) is 66.0 cm³/mol. The normalized spacial score (nSPS) is 10.7. The van der Waals surface area contributed by atoms with Crippen molar-refractivity contribution in [1.82, 2.24) is 19.7 Å². The number of hydrogen-bond acceptors (Lipinski definition) is 5. The summed E-state index contributed by atoms with van der Waals surface area (Å²) >= 11 is 0. The first kappa shape index (κ1) is 10.5. The Morgan fingerprint density at radius 2 is 2.17 bits per heavy atom. The molecule has 0 aliphatic carbocycles. The fraction of sp³-hybridized carbons (Fsp3) is 0.0833. The SMILES string of the molecule is Cc1cc(-n2nc(-c3ccco3)cc2N)ncn1. The maximum absolute atomic E-state index is 5.93. The molecule has 0 unspecified atom stereocenters. The lowest BCUT2D eigenvalue weighted by atomic mass is 10.3. The van der Waals surface area contributed by atoms with Crippen molar-refractivity contribution in [2.75, 3.05) is 5.73 Å². The van der Waals surface area contributed by atoms with E-state index >= 15 is 0 Å². The maximum Gasteiger partial charge on any atom is 0.159 e. The molecular formula is C12H11N5O. The lowest BCUT2D eigenvalue weighted by Gasteiger charge is -2.02. The third-order valence-corrected chi connectivity index (χ3v) is 2.52. The first-order valence-corrected chi connectivity index (χ1v) is 5.42. The monoisotopic (exact) mass is 241 g/mol. The molecule has 3 aromatic heterocycles. The van der Waals surface area contributed by atoms with Crippen LogP contribution in [-0.2, 0) is 0 Å². The molecule has 6 heteroatoms. The predicted octanol–water partition coefficient (Wildman–Crippen LogP) is 1.81. The number of aryl methyl sites for hydroxylation is 1. The fourth-order valence-electron chi connectivity index (χ4n) is 1.68. The van der Waals surface area contributed by atoms with Crippen LogP contribution in [0.4, 0.5) is 5.82 Å². The average Bonchev–Trinajstić information content (AvgIpc) is 2.97. The molecule has 0 fully saturated rings. The van der Waals surface area contributed by atoms with E-state index in [1.54, 1.807) is 23.1 Å². The summed E-state index contributed by atoms with van der Waals surface area (Å²) in [5.74, 6) is 1.81. The molecule has 0 saturated heterocycles. The molecule has 0 aliphatic rings. The third kappa shape index (κ3) is 1.73. The van der Waals surface area contributed by atoms with Gasteiger partial charge in [-0.05, 0) is 19.1 Å². The standard InChI is InChI=1S/C12H11N5O/c1-8-5-12(15-7-14-8)17-11(13)6-9(16-17)10-3-2-4-18-10/h2-7H,13H2,1H3. The summed E-state index contributed by atoms with van der Waals surface area (Å²) in [4.78, 5) is 8.18. The molecule has 0 amide bonds.